The lowest BCUT2D eigenvalue weighted by Crippen LogP contribution is -2.24. The van der Waals surface area contributed by atoms with Gasteiger partial charge in [-0.1, -0.05) is 18.2 Å². The van der Waals surface area contributed by atoms with Crippen molar-refractivity contribution in [3.63, 3.8) is 0 Å². The van der Waals surface area contributed by atoms with Crippen molar-refractivity contribution in [3.8, 4) is 0 Å². The summed E-state index contributed by atoms with van der Waals surface area (Å²) in [5, 5.41) is 0. The molecule has 96 valence electrons. The van der Waals surface area contributed by atoms with Crippen LogP contribution in [0.25, 0.3) is 0 Å². The molecule has 0 fully saturated rings. The summed E-state index contributed by atoms with van der Waals surface area (Å²) >= 11 is 0. The molecule has 0 radical (unpaired) electrons. The standard InChI is InChI=1S/C12H18FNO2S/c1-17(15,16)8-4-6-11(14)9-10-5-2-3-7-12(10)13/h2-3,5,7,11H,4,6,8-9,14H2,1H3. The Morgan fingerprint density at radius 2 is 2.00 bits per heavy atom. The Hall–Kier alpha value is -0.940. The second-order valence-electron chi connectivity index (χ2n) is 4.33. The number of halogens is 1. The first-order chi connectivity index (χ1) is 7.88. The Morgan fingerprint density at radius 1 is 1.35 bits per heavy atom. The monoisotopic (exact) mass is 259 g/mol. The highest BCUT2D eigenvalue weighted by Gasteiger charge is 2.09. The Balaban J connectivity index is 2.40. The molecule has 1 aromatic rings. The van der Waals surface area contributed by atoms with Crippen LogP contribution < -0.4 is 5.73 Å². The van der Waals surface area contributed by atoms with Crippen molar-refractivity contribution in [2.24, 2.45) is 5.73 Å². The molecule has 0 aromatic heterocycles. The summed E-state index contributed by atoms with van der Waals surface area (Å²) in [6.07, 6.45) is 2.75. The van der Waals surface area contributed by atoms with Crippen LogP contribution >= 0.6 is 0 Å². The topological polar surface area (TPSA) is 60.2 Å². The van der Waals surface area contributed by atoms with Crippen molar-refractivity contribution in [3.05, 3.63) is 35.6 Å². The third-order valence-electron chi connectivity index (χ3n) is 2.53. The van der Waals surface area contributed by atoms with E-state index < -0.39 is 9.84 Å². The first kappa shape index (κ1) is 14.1. The highest BCUT2D eigenvalue weighted by Crippen LogP contribution is 2.10. The summed E-state index contributed by atoms with van der Waals surface area (Å²) in [7, 11) is -2.93. The van der Waals surface area contributed by atoms with Crippen molar-refractivity contribution in [2.75, 3.05) is 12.0 Å². The minimum atomic E-state index is -2.93. The zero-order valence-electron chi connectivity index (χ0n) is 9.90. The second kappa shape index (κ2) is 6.12. The summed E-state index contributed by atoms with van der Waals surface area (Å²) in [5.41, 5.74) is 6.43. The maximum atomic E-state index is 13.3. The molecule has 2 N–H and O–H groups in total. The van der Waals surface area contributed by atoms with Gasteiger partial charge in [0.15, 0.2) is 0 Å². The minimum absolute atomic E-state index is 0.137. The molecule has 0 heterocycles. The zero-order chi connectivity index (χ0) is 12.9. The molecule has 0 spiro atoms. The van der Waals surface area contributed by atoms with E-state index in [1.807, 2.05) is 0 Å². The molecule has 1 rings (SSSR count). The number of rotatable bonds is 6. The van der Waals surface area contributed by atoms with Crippen LogP contribution in [0.1, 0.15) is 18.4 Å². The van der Waals surface area contributed by atoms with Gasteiger partial charge in [0, 0.05) is 18.1 Å². The molecule has 17 heavy (non-hydrogen) atoms. The lowest BCUT2D eigenvalue weighted by molar-refractivity contribution is 0.556. The van der Waals surface area contributed by atoms with E-state index in [0.29, 0.717) is 24.8 Å². The lowest BCUT2D eigenvalue weighted by atomic mass is 10.0. The lowest BCUT2D eigenvalue weighted by Gasteiger charge is -2.11. The van der Waals surface area contributed by atoms with E-state index in [9.17, 15) is 12.8 Å². The summed E-state index contributed by atoms with van der Waals surface area (Å²) in [6.45, 7) is 0. The van der Waals surface area contributed by atoms with Gasteiger partial charge in [-0.15, -0.1) is 0 Å². The number of nitrogens with two attached hydrogens (primary N) is 1. The molecule has 1 atom stereocenters. The molecule has 0 aliphatic rings. The highest BCUT2D eigenvalue weighted by molar-refractivity contribution is 7.90. The largest absolute Gasteiger partial charge is 0.327 e. The number of hydrogen-bond donors (Lipinski definition) is 1. The normalized spacial score (nSPS) is 13.6. The SMILES string of the molecule is CS(=O)(=O)CCCC(N)Cc1ccccc1F. The summed E-state index contributed by atoms with van der Waals surface area (Å²) in [5.74, 6) is -0.121. The van der Waals surface area contributed by atoms with E-state index in [2.05, 4.69) is 0 Å². The molecule has 5 heteroatoms. The Kier molecular flexibility index (Phi) is 5.08. The van der Waals surface area contributed by atoms with Crippen LogP contribution in [0.5, 0.6) is 0 Å². The van der Waals surface area contributed by atoms with Crippen molar-refractivity contribution < 1.29 is 12.8 Å². The van der Waals surface area contributed by atoms with Gasteiger partial charge >= 0.3 is 0 Å². The van der Waals surface area contributed by atoms with Gasteiger partial charge in [0.2, 0.25) is 0 Å². The number of hydrogen-bond acceptors (Lipinski definition) is 3. The van der Waals surface area contributed by atoms with Gasteiger partial charge in [0.1, 0.15) is 15.7 Å². The molecule has 1 aromatic carbocycles. The molecule has 0 saturated heterocycles. The summed E-state index contributed by atoms with van der Waals surface area (Å²) < 4.78 is 35.2. The molecule has 3 nitrogen and oxygen atoms in total. The van der Waals surface area contributed by atoms with Crippen LogP contribution in [0.15, 0.2) is 24.3 Å². The van der Waals surface area contributed by atoms with Gasteiger partial charge < -0.3 is 5.73 Å². The Bertz CT molecular complexity index is 459. The van der Waals surface area contributed by atoms with Crippen molar-refractivity contribution in [1.29, 1.82) is 0 Å². The quantitative estimate of drug-likeness (QED) is 0.842. The average Bonchev–Trinajstić information content (AvgIpc) is 2.19. The van der Waals surface area contributed by atoms with Gasteiger partial charge in [0.05, 0.1) is 0 Å². The Morgan fingerprint density at radius 3 is 2.59 bits per heavy atom. The summed E-state index contributed by atoms with van der Waals surface area (Å²) in [6, 6.07) is 6.30. The zero-order valence-corrected chi connectivity index (χ0v) is 10.7. The maximum absolute atomic E-state index is 13.3. The van der Waals surface area contributed by atoms with Gasteiger partial charge in [-0.2, -0.15) is 0 Å². The predicted molar refractivity (Wildman–Crippen MR) is 67.0 cm³/mol. The molecule has 0 aliphatic heterocycles. The van der Waals surface area contributed by atoms with E-state index in [-0.39, 0.29) is 17.6 Å². The van der Waals surface area contributed by atoms with Gasteiger partial charge in [-0.25, -0.2) is 12.8 Å². The van der Waals surface area contributed by atoms with Crippen molar-refractivity contribution in [2.45, 2.75) is 25.3 Å². The molecule has 0 saturated carbocycles. The van der Waals surface area contributed by atoms with Crippen molar-refractivity contribution >= 4 is 9.84 Å². The van der Waals surface area contributed by atoms with E-state index in [1.165, 1.54) is 12.3 Å². The fourth-order valence-electron chi connectivity index (χ4n) is 1.66. The van der Waals surface area contributed by atoms with E-state index in [4.69, 9.17) is 5.73 Å². The second-order valence-corrected chi connectivity index (χ2v) is 6.59. The van der Waals surface area contributed by atoms with E-state index >= 15 is 0 Å². The molecular formula is C12H18FNO2S. The predicted octanol–water partition coefficient (Wildman–Crippen LogP) is 1.52. The van der Waals surface area contributed by atoms with E-state index in [1.54, 1.807) is 18.2 Å². The summed E-state index contributed by atoms with van der Waals surface area (Å²) in [4.78, 5) is 0. The first-order valence-electron chi connectivity index (χ1n) is 5.55. The third-order valence-corrected chi connectivity index (χ3v) is 3.56. The number of benzene rings is 1. The molecule has 0 amide bonds. The average molecular weight is 259 g/mol. The maximum Gasteiger partial charge on any atom is 0.147 e. The fourth-order valence-corrected chi connectivity index (χ4v) is 2.35. The Labute approximate surface area is 102 Å². The van der Waals surface area contributed by atoms with Crippen LogP contribution in [0.3, 0.4) is 0 Å². The number of sulfone groups is 1. The molecule has 0 bridgehead atoms. The van der Waals surface area contributed by atoms with E-state index in [0.717, 1.165) is 0 Å². The third kappa shape index (κ3) is 5.79. The van der Waals surface area contributed by atoms with Crippen LogP contribution in [0, 0.1) is 5.82 Å². The van der Waals surface area contributed by atoms with Crippen molar-refractivity contribution in [1.82, 2.24) is 0 Å². The smallest absolute Gasteiger partial charge is 0.147 e. The van der Waals surface area contributed by atoms with Gasteiger partial charge in [0.25, 0.3) is 0 Å². The minimum Gasteiger partial charge on any atom is -0.327 e. The van der Waals surface area contributed by atoms with Crippen LogP contribution in [-0.4, -0.2) is 26.5 Å². The molecule has 1 unspecified atom stereocenters. The van der Waals surface area contributed by atoms with Crippen LogP contribution in [-0.2, 0) is 16.3 Å². The molecular weight excluding hydrogens is 241 g/mol. The van der Waals surface area contributed by atoms with Crippen LogP contribution in [0.2, 0.25) is 0 Å². The van der Waals surface area contributed by atoms with Gasteiger partial charge in [-0.3, -0.25) is 0 Å². The first-order valence-corrected chi connectivity index (χ1v) is 7.61. The van der Waals surface area contributed by atoms with Gasteiger partial charge in [-0.05, 0) is 30.9 Å². The highest BCUT2D eigenvalue weighted by atomic mass is 32.2. The molecule has 0 aliphatic carbocycles. The van der Waals surface area contributed by atoms with Crippen LogP contribution in [0.4, 0.5) is 4.39 Å². The fraction of sp³-hybridized carbons (Fsp3) is 0.500.